The van der Waals surface area contributed by atoms with Crippen LogP contribution in [0.5, 0.6) is 0 Å². The summed E-state index contributed by atoms with van der Waals surface area (Å²) in [4.78, 5) is 11.3. The molecule has 0 aromatic carbocycles. The van der Waals surface area contributed by atoms with E-state index in [1.807, 2.05) is 6.92 Å². The Balaban J connectivity index is 2.77. The van der Waals surface area contributed by atoms with Gasteiger partial charge in [0, 0.05) is 0 Å². The van der Waals surface area contributed by atoms with Crippen molar-refractivity contribution < 1.29 is 17.9 Å². The van der Waals surface area contributed by atoms with Crippen LogP contribution in [0.4, 0.5) is 0 Å². The molecular formula is C12H23NO4S. The molecular weight excluding hydrogens is 254 g/mol. The van der Waals surface area contributed by atoms with Crippen molar-refractivity contribution in [3.05, 3.63) is 0 Å². The second kappa shape index (κ2) is 6.52. The molecule has 1 saturated carbocycles. The third kappa shape index (κ3) is 3.95. The molecule has 3 unspecified atom stereocenters. The van der Waals surface area contributed by atoms with E-state index in [1.54, 1.807) is 6.92 Å². The molecule has 0 saturated heterocycles. The van der Waals surface area contributed by atoms with Gasteiger partial charge in [0.2, 0.25) is 0 Å². The molecule has 0 heterocycles. The maximum Gasteiger partial charge on any atom is 0.321 e. The maximum atomic E-state index is 12.2. The lowest BCUT2D eigenvalue weighted by Crippen LogP contribution is -2.41. The topological polar surface area (TPSA) is 86.5 Å². The van der Waals surface area contributed by atoms with Gasteiger partial charge in [-0.15, -0.1) is 0 Å². The number of hydrogen-bond donors (Lipinski definition) is 1. The number of carbonyl (C=O) groups excluding carboxylic acids is 1. The van der Waals surface area contributed by atoms with Crippen molar-refractivity contribution in [2.24, 2.45) is 17.6 Å². The molecule has 5 nitrogen and oxygen atoms in total. The highest BCUT2D eigenvalue weighted by atomic mass is 32.2. The van der Waals surface area contributed by atoms with Crippen molar-refractivity contribution in [1.82, 2.24) is 0 Å². The largest absolute Gasteiger partial charge is 0.465 e. The van der Waals surface area contributed by atoms with E-state index >= 15 is 0 Å². The highest BCUT2D eigenvalue weighted by molar-refractivity contribution is 7.92. The summed E-state index contributed by atoms with van der Waals surface area (Å²) in [7, 11) is -3.45. The molecule has 0 radical (unpaired) electrons. The second-order valence-electron chi connectivity index (χ2n) is 5.06. The monoisotopic (exact) mass is 277 g/mol. The van der Waals surface area contributed by atoms with Crippen LogP contribution in [0.25, 0.3) is 0 Å². The van der Waals surface area contributed by atoms with Gasteiger partial charge in [0.15, 0.2) is 9.84 Å². The van der Waals surface area contributed by atoms with Crippen LogP contribution in [-0.2, 0) is 19.4 Å². The lowest BCUT2D eigenvalue weighted by molar-refractivity contribution is -0.139. The number of ether oxygens (including phenoxy) is 1. The lowest BCUT2D eigenvalue weighted by Gasteiger charge is -2.33. The van der Waals surface area contributed by atoms with Crippen LogP contribution >= 0.6 is 0 Å². The molecule has 0 aromatic rings. The second-order valence-corrected chi connectivity index (χ2v) is 7.28. The Bertz CT molecular complexity index is 380. The first kappa shape index (κ1) is 15.4. The Kier molecular flexibility index (Phi) is 5.59. The standard InChI is InChI=1S/C12H23NO4S/c1-3-17-12(14)8-18(15,16)11-6-9(2)4-5-10(11)7-13/h9-11H,3-8,13H2,1-2H3. The van der Waals surface area contributed by atoms with Crippen LogP contribution in [0, 0.1) is 11.8 Å². The van der Waals surface area contributed by atoms with E-state index in [2.05, 4.69) is 0 Å². The lowest BCUT2D eigenvalue weighted by atomic mass is 9.82. The highest BCUT2D eigenvalue weighted by Gasteiger charge is 2.38. The third-order valence-electron chi connectivity index (χ3n) is 3.58. The summed E-state index contributed by atoms with van der Waals surface area (Å²) in [6, 6.07) is 0. The molecule has 0 spiro atoms. The third-order valence-corrected chi connectivity index (χ3v) is 5.72. The molecule has 0 aromatic heterocycles. The van der Waals surface area contributed by atoms with Gasteiger partial charge in [0.1, 0.15) is 5.75 Å². The molecule has 3 atom stereocenters. The van der Waals surface area contributed by atoms with Crippen molar-refractivity contribution in [1.29, 1.82) is 0 Å². The van der Waals surface area contributed by atoms with E-state index in [1.165, 1.54) is 0 Å². The summed E-state index contributed by atoms with van der Waals surface area (Å²) in [6.45, 7) is 4.27. The molecule has 6 heteroatoms. The maximum absolute atomic E-state index is 12.2. The molecule has 1 aliphatic carbocycles. The Labute approximate surface area is 109 Å². The molecule has 0 amide bonds. The van der Waals surface area contributed by atoms with Gasteiger partial charge in [0.25, 0.3) is 0 Å². The predicted molar refractivity (Wildman–Crippen MR) is 69.8 cm³/mol. The Hall–Kier alpha value is -0.620. The predicted octanol–water partition coefficient (Wildman–Crippen LogP) is 0.728. The van der Waals surface area contributed by atoms with Crippen molar-refractivity contribution in [3.8, 4) is 0 Å². The summed E-state index contributed by atoms with van der Waals surface area (Å²) in [5.41, 5.74) is 5.64. The van der Waals surface area contributed by atoms with Crippen LogP contribution < -0.4 is 5.73 Å². The number of rotatable bonds is 5. The first-order chi connectivity index (χ1) is 8.40. The van der Waals surface area contributed by atoms with E-state index in [-0.39, 0.29) is 12.5 Å². The molecule has 2 N–H and O–H groups in total. The van der Waals surface area contributed by atoms with Gasteiger partial charge < -0.3 is 10.5 Å². The van der Waals surface area contributed by atoms with Crippen molar-refractivity contribution in [2.75, 3.05) is 18.9 Å². The number of hydrogen-bond acceptors (Lipinski definition) is 5. The van der Waals surface area contributed by atoms with Gasteiger partial charge in [-0.3, -0.25) is 4.79 Å². The summed E-state index contributed by atoms with van der Waals surface area (Å²) >= 11 is 0. The van der Waals surface area contributed by atoms with Crippen molar-refractivity contribution >= 4 is 15.8 Å². The summed E-state index contributed by atoms with van der Waals surface area (Å²) in [6.07, 6.45) is 2.43. The smallest absolute Gasteiger partial charge is 0.321 e. The Morgan fingerprint density at radius 1 is 1.39 bits per heavy atom. The van der Waals surface area contributed by atoms with Crippen LogP contribution in [0.3, 0.4) is 0 Å². The van der Waals surface area contributed by atoms with Crippen LogP contribution in [0.1, 0.15) is 33.1 Å². The minimum absolute atomic E-state index is 0.0272. The summed E-state index contributed by atoms with van der Waals surface area (Å²) in [5, 5.41) is -0.490. The molecule has 1 fully saturated rings. The molecule has 0 aliphatic heterocycles. The van der Waals surface area contributed by atoms with Gasteiger partial charge in [-0.05, 0) is 38.1 Å². The molecule has 1 rings (SSSR count). The van der Waals surface area contributed by atoms with Crippen LogP contribution in [0.2, 0.25) is 0 Å². The minimum atomic E-state index is -3.45. The van der Waals surface area contributed by atoms with E-state index in [0.717, 1.165) is 12.8 Å². The normalized spacial score (nSPS) is 28.9. The quantitative estimate of drug-likeness (QED) is 0.749. The highest BCUT2D eigenvalue weighted by Crippen LogP contribution is 2.33. The van der Waals surface area contributed by atoms with Crippen molar-refractivity contribution in [2.45, 2.75) is 38.4 Å². The van der Waals surface area contributed by atoms with E-state index in [0.29, 0.717) is 18.9 Å². The van der Waals surface area contributed by atoms with Gasteiger partial charge in [-0.2, -0.15) is 0 Å². The first-order valence-electron chi connectivity index (χ1n) is 6.48. The zero-order chi connectivity index (χ0) is 13.8. The number of carbonyl (C=O) groups is 1. The fourth-order valence-corrected chi connectivity index (χ4v) is 4.66. The van der Waals surface area contributed by atoms with Gasteiger partial charge in [-0.1, -0.05) is 13.3 Å². The van der Waals surface area contributed by atoms with Crippen molar-refractivity contribution in [3.63, 3.8) is 0 Å². The Morgan fingerprint density at radius 3 is 2.61 bits per heavy atom. The van der Waals surface area contributed by atoms with E-state index in [9.17, 15) is 13.2 Å². The average Bonchev–Trinajstić information content (AvgIpc) is 2.28. The number of esters is 1. The van der Waals surface area contributed by atoms with Gasteiger partial charge in [-0.25, -0.2) is 8.42 Å². The number of nitrogens with two attached hydrogens (primary N) is 1. The van der Waals surface area contributed by atoms with Gasteiger partial charge >= 0.3 is 5.97 Å². The summed E-state index contributed by atoms with van der Waals surface area (Å²) in [5.74, 6) is -0.837. The summed E-state index contributed by atoms with van der Waals surface area (Å²) < 4.78 is 29.2. The number of sulfone groups is 1. The SMILES string of the molecule is CCOC(=O)CS(=O)(=O)C1CC(C)CCC1CN. The minimum Gasteiger partial charge on any atom is -0.465 e. The Morgan fingerprint density at radius 2 is 2.06 bits per heavy atom. The molecule has 18 heavy (non-hydrogen) atoms. The zero-order valence-corrected chi connectivity index (χ0v) is 11.9. The van der Waals surface area contributed by atoms with Crippen LogP contribution in [0.15, 0.2) is 0 Å². The fraction of sp³-hybridized carbons (Fsp3) is 0.917. The van der Waals surface area contributed by atoms with Crippen LogP contribution in [-0.4, -0.2) is 38.5 Å². The molecule has 1 aliphatic rings. The first-order valence-corrected chi connectivity index (χ1v) is 8.19. The average molecular weight is 277 g/mol. The molecule has 106 valence electrons. The van der Waals surface area contributed by atoms with E-state index < -0.39 is 26.8 Å². The fourth-order valence-electron chi connectivity index (χ4n) is 2.57. The zero-order valence-electron chi connectivity index (χ0n) is 11.1. The molecule has 0 bridgehead atoms. The van der Waals surface area contributed by atoms with E-state index in [4.69, 9.17) is 10.5 Å². The van der Waals surface area contributed by atoms with Gasteiger partial charge in [0.05, 0.1) is 11.9 Å².